The van der Waals surface area contributed by atoms with Gasteiger partial charge in [-0.05, 0) is 29.3 Å². The molecule has 0 unspecified atom stereocenters. The maximum Gasteiger partial charge on any atom is 0.162 e. The first-order valence-corrected chi connectivity index (χ1v) is 8.28. The van der Waals surface area contributed by atoms with Crippen LogP contribution in [-0.2, 0) is 13.0 Å². The molecule has 3 nitrogen and oxygen atoms in total. The Kier molecular flexibility index (Phi) is 5.83. The summed E-state index contributed by atoms with van der Waals surface area (Å²) in [7, 11) is 0. The van der Waals surface area contributed by atoms with Gasteiger partial charge in [-0.15, -0.1) is 0 Å². The molecule has 0 radical (unpaired) electrons. The highest BCUT2D eigenvalue weighted by Crippen LogP contribution is 2.29. The van der Waals surface area contributed by atoms with Crippen molar-refractivity contribution in [2.75, 3.05) is 6.61 Å². The van der Waals surface area contributed by atoms with Gasteiger partial charge in [0.15, 0.2) is 11.5 Å². The quantitative estimate of drug-likeness (QED) is 0.561. The van der Waals surface area contributed by atoms with Crippen molar-refractivity contribution in [3.05, 3.63) is 95.6 Å². The third-order valence-electron chi connectivity index (χ3n) is 3.83. The summed E-state index contributed by atoms with van der Waals surface area (Å²) in [5.74, 6) is 1.24. The molecule has 0 atom stereocenters. The Morgan fingerprint density at radius 1 is 0.720 bits per heavy atom. The van der Waals surface area contributed by atoms with E-state index >= 15 is 0 Å². The first-order valence-electron chi connectivity index (χ1n) is 8.28. The predicted molar refractivity (Wildman–Crippen MR) is 98.2 cm³/mol. The maximum absolute atomic E-state index is 11.0. The fraction of sp³-hybridized carbons (Fsp3) is 0.136. The van der Waals surface area contributed by atoms with Gasteiger partial charge >= 0.3 is 0 Å². The number of benzene rings is 3. The molecule has 0 fully saturated rings. The second kappa shape index (κ2) is 8.69. The third-order valence-corrected chi connectivity index (χ3v) is 3.83. The average molecular weight is 332 g/mol. The summed E-state index contributed by atoms with van der Waals surface area (Å²) >= 11 is 0. The van der Waals surface area contributed by atoms with Gasteiger partial charge in [-0.2, -0.15) is 0 Å². The molecular formula is C22H20O3. The van der Waals surface area contributed by atoms with E-state index in [1.807, 2.05) is 48.5 Å². The largest absolute Gasteiger partial charge is 0.489 e. The molecule has 3 rings (SSSR count). The van der Waals surface area contributed by atoms with E-state index in [-0.39, 0.29) is 0 Å². The van der Waals surface area contributed by atoms with Gasteiger partial charge in [0.25, 0.3) is 0 Å². The monoisotopic (exact) mass is 332 g/mol. The second-order valence-electron chi connectivity index (χ2n) is 5.68. The lowest BCUT2D eigenvalue weighted by Crippen LogP contribution is -2.04. The van der Waals surface area contributed by atoms with E-state index in [0.717, 1.165) is 18.3 Å². The maximum atomic E-state index is 11.0. The summed E-state index contributed by atoms with van der Waals surface area (Å²) in [5.41, 5.74) is 2.85. The van der Waals surface area contributed by atoms with Crippen LogP contribution in [0.1, 0.15) is 21.5 Å². The Bertz CT molecular complexity index is 798. The molecule has 3 aromatic carbocycles. The molecule has 3 aromatic rings. The van der Waals surface area contributed by atoms with E-state index in [1.54, 1.807) is 18.2 Å². The van der Waals surface area contributed by atoms with Crippen molar-refractivity contribution in [3.63, 3.8) is 0 Å². The predicted octanol–water partition coefficient (Wildman–Crippen LogP) is 4.70. The van der Waals surface area contributed by atoms with Crippen molar-refractivity contribution in [2.45, 2.75) is 13.0 Å². The summed E-state index contributed by atoms with van der Waals surface area (Å²) in [4.78, 5) is 11.0. The van der Waals surface area contributed by atoms with Crippen molar-refractivity contribution in [1.29, 1.82) is 0 Å². The Labute approximate surface area is 147 Å². The van der Waals surface area contributed by atoms with E-state index in [9.17, 15) is 4.79 Å². The number of ether oxygens (including phenoxy) is 2. The summed E-state index contributed by atoms with van der Waals surface area (Å²) in [5, 5.41) is 0. The molecule has 0 aliphatic heterocycles. The minimum atomic E-state index is 0.429. The highest BCUT2D eigenvalue weighted by Gasteiger charge is 2.07. The molecule has 0 aliphatic rings. The van der Waals surface area contributed by atoms with Crippen LogP contribution < -0.4 is 9.47 Å². The van der Waals surface area contributed by atoms with Crippen LogP contribution >= 0.6 is 0 Å². The van der Waals surface area contributed by atoms with Crippen LogP contribution in [0.15, 0.2) is 78.9 Å². The lowest BCUT2D eigenvalue weighted by Gasteiger charge is -2.13. The highest BCUT2D eigenvalue weighted by molar-refractivity contribution is 5.76. The van der Waals surface area contributed by atoms with Crippen molar-refractivity contribution in [2.24, 2.45) is 0 Å². The lowest BCUT2D eigenvalue weighted by atomic mass is 10.2. The van der Waals surface area contributed by atoms with Gasteiger partial charge in [0.05, 0.1) is 6.61 Å². The summed E-state index contributed by atoms with van der Waals surface area (Å²) in [6, 6.07) is 25.3. The van der Waals surface area contributed by atoms with Gasteiger partial charge < -0.3 is 9.47 Å². The van der Waals surface area contributed by atoms with E-state index in [4.69, 9.17) is 9.47 Å². The van der Waals surface area contributed by atoms with Crippen molar-refractivity contribution >= 4 is 6.29 Å². The van der Waals surface area contributed by atoms with E-state index in [1.165, 1.54) is 5.56 Å². The van der Waals surface area contributed by atoms with Crippen LogP contribution in [0, 0.1) is 0 Å². The van der Waals surface area contributed by atoms with E-state index in [0.29, 0.717) is 30.3 Å². The van der Waals surface area contributed by atoms with E-state index < -0.39 is 0 Å². The Balaban J connectivity index is 1.66. The molecule has 0 N–H and O–H groups in total. The Hall–Kier alpha value is -3.07. The van der Waals surface area contributed by atoms with Crippen LogP contribution in [0.4, 0.5) is 0 Å². The van der Waals surface area contributed by atoms with Crippen LogP contribution in [0.5, 0.6) is 11.5 Å². The van der Waals surface area contributed by atoms with Crippen LogP contribution in [0.25, 0.3) is 0 Å². The molecule has 0 heterocycles. The third kappa shape index (κ3) is 4.95. The fourth-order valence-corrected chi connectivity index (χ4v) is 2.49. The molecule has 0 bridgehead atoms. The zero-order valence-electron chi connectivity index (χ0n) is 13.9. The Morgan fingerprint density at radius 2 is 1.40 bits per heavy atom. The van der Waals surface area contributed by atoms with Gasteiger partial charge in [-0.25, -0.2) is 0 Å². The molecule has 126 valence electrons. The molecule has 0 aliphatic carbocycles. The SMILES string of the molecule is O=Cc1ccc(OCCc2ccccc2)c(OCc2ccccc2)c1. The minimum Gasteiger partial charge on any atom is -0.489 e. The van der Waals surface area contributed by atoms with Crippen LogP contribution in [0.2, 0.25) is 0 Å². The van der Waals surface area contributed by atoms with Gasteiger partial charge in [-0.1, -0.05) is 60.7 Å². The molecule has 0 amide bonds. The smallest absolute Gasteiger partial charge is 0.162 e. The number of hydrogen-bond donors (Lipinski definition) is 0. The minimum absolute atomic E-state index is 0.429. The zero-order valence-corrected chi connectivity index (χ0v) is 13.9. The fourth-order valence-electron chi connectivity index (χ4n) is 2.49. The van der Waals surface area contributed by atoms with Gasteiger partial charge in [0.2, 0.25) is 0 Å². The van der Waals surface area contributed by atoms with Crippen molar-refractivity contribution in [1.82, 2.24) is 0 Å². The molecular weight excluding hydrogens is 312 g/mol. The van der Waals surface area contributed by atoms with Gasteiger partial charge in [-0.3, -0.25) is 4.79 Å². The summed E-state index contributed by atoms with van der Waals surface area (Å²) in [6.45, 7) is 0.977. The molecule has 25 heavy (non-hydrogen) atoms. The standard InChI is InChI=1S/C22H20O3/c23-16-20-11-12-21(24-14-13-18-7-3-1-4-8-18)22(15-20)25-17-19-9-5-2-6-10-19/h1-12,15-16H,13-14,17H2. The van der Waals surface area contributed by atoms with Gasteiger partial charge in [0.1, 0.15) is 12.9 Å². The van der Waals surface area contributed by atoms with Crippen LogP contribution in [-0.4, -0.2) is 12.9 Å². The average Bonchev–Trinajstić information content (AvgIpc) is 2.68. The molecule has 0 saturated heterocycles. The second-order valence-corrected chi connectivity index (χ2v) is 5.68. The van der Waals surface area contributed by atoms with Gasteiger partial charge in [0, 0.05) is 12.0 Å². The molecule has 0 saturated carbocycles. The molecule has 0 aromatic heterocycles. The number of rotatable bonds is 8. The summed E-state index contributed by atoms with van der Waals surface area (Å²) in [6.07, 6.45) is 1.62. The van der Waals surface area contributed by atoms with E-state index in [2.05, 4.69) is 12.1 Å². The number of hydrogen-bond acceptors (Lipinski definition) is 3. The summed E-state index contributed by atoms with van der Waals surface area (Å²) < 4.78 is 11.8. The normalized spacial score (nSPS) is 10.2. The molecule has 0 spiro atoms. The van der Waals surface area contributed by atoms with Crippen molar-refractivity contribution < 1.29 is 14.3 Å². The number of aldehydes is 1. The lowest BCUT2D eigenvalue weighted by molar-refractivity contribution is 0.112. The van der Waals surface area contributed by atoms with Crippen molar-refractivity contribution in [3.8, 4) is 11.5 Å². The van der Waals surface area contributed by atoms with Crippen LogP contribution in [0.3, 0.4) is 0 Å². The first kappa shape index (κ1) is 16.8. The Morgan fingerprint density at radius 3 is 2.08 bits per heavy atom. The highest BCUT2D eigenvalue weighted by atomic mass is 16.5. The first-order chi connectivity index (χ1) is 12.3. The zero-order chi connectivity index (χ0) is 17.3. The number of carbonyl (C=O) groups excluding carboxylic acids is 1. The number of carbonyl (C=O) groups is 1. The molecule has 3 heteroatoms. The topological polar surface area (TPSA) is 35.5 Å².